The predicted molar refractivity (Wildman–Crippen MR) is 95.9 cm³/mol. The van der Waals surface area contributed by atoms with Crippen molar-refractivity contribution in [1.82, 2.24) is 0 Å². The van der Waals surface area contributed by atoms with Gasteiger partial charge in [0.25, 0.3) is 5.91 Å². The van der Waals surface area contributed by atoms with Crippen LogP contribution >= 0.6 is 0 Å². The summed E-state index contributed by atoms with van der Waals surface area (Å²) in [6, 6.07) is 13.2. The first-order valence-electron chi connectivity index (χ1n) is 7.66. The van der Waals surface area contributed by atoms with Crippen molar-refractivity contribution >= 4 is 34.2 Å². The minimum atomic E-state index is -0.440. The van der Waals surface area contributed by atoms with Crippen molar-refractivity contribution in [2.75, 3.05) is 10.6 Å². The number of nitrogens with one attached hydrogen (secondary N) is 2. The van der Waals surface area contributed by atoms with Crippen molar-refractivity contribution in [3.8, 4) is 0 Å². The number of aryl methyl sites for hydroxylation is 1. The third-order valence-corrected chi connectivity index (χ3v) is 3.69. The van der Waals surface area contributed by atoms with E-state index in [0.717, 1.165) is 10.9 Å². The van der Waals surface area contributed by atoms with E-state index in [0.29, 0.717) is 22.5 Å². The molecule has 1 heterocycles. The molecule has 126 valence electrons. The zero-order valence-electron chi connectivity index (χ0n) is 13.8. The maximum Gasteiger partial charge on any atom is 0.336 e. The van der Waals surface area contributed by atoms with Crippen molar-refractivity contribution in [3.05, 3.63) is 70.1 Å². The summed E-state index contributed by atoms with van der Waals surface area (Å²) in [4.78, 5) is 35.3. The first-order chi connectivity index (χ1) is 11.9. The van der Waals surface area contributed by atoms with Gasteiger partial charge in [-0.25, -0.2) is 4.79 Å². The Hall–Kier alpha value is -3.41. The second kappa shape index (κ2) is 6.60. The lowest BCUT2D eigenvalue weighted by Crippen LogP contribution is -2.16. The monoisotopic (exact) mass is 336 g/mol. The van der Waals surface area contributed by atoms with Gasteiger partial charge in [0.1, 0.15) is 5.58 Å². The van der Waals surface area contributed by atoms with E-state index < -0.39 is 5.63 Å². The molecule has 0 aliphatic rings. The molecular weight excluding hydrogens is 320 g/mol. The molecule has 0 atom stereocenters. The first kappa shape index (κ1) is 16.4. The van der Waals surface area contributed by atoms with Gasteiger partial charge in [0, 0.05) is 30.1 Å². The number of rotatable bonds is 3. The fourth-order valence-electron chi connectivity index (χ4n) is 2.58. The maximum absolute atomic E-state index is 12.5. The van der Waals surface area contributed by atoms with Gasteiger partial charge in [-0.3, -0.25) is 9.59 Å². The number of amides is 2. The van der Waals surface area contributed by atoms with Crippen molar-refractivity contribution in [1.29, 1.82) is 0 Å². The molecule has 0 aliphatic carbocycles. The summed E-state index contributed by atoms with van der Waals surface area (Å²) in [6.45, 7) is 3.20. The van der Waals surface area contributed by atoms with Gasteiger partial charge in [-0.2, -0.15) is 0 Å². The smallest absolute Gasteiger partial charge is 0.336 e. The molecule has 1 aromatic heterocycles. The molecule has 0 spiro atoms. The highest BCUT2D eigenvalue weighted by Gasteiger charge is 2.13. The van der Waals surface area contributed by atoms with E-state index in [9.17, 15) is 14.4 Å². The second-order valence-electron chi connectivity index (χ2n) is 5.64. The Bertz CT molecular complexity index is 1040. The van der Waals surface area contributed by atoms with Crippen LogP contribution < -0.4 is 16.3 Å². The maximum atomic E-state index is 12.5. The normalized spacial score (nSPS) is 10.5. The van der Waals surface area contributed by atoms with E-state index in [1.54, 1.807) is 42.5 Å². The van der Waals surface area contributed by atoms with Crippen molar-refractivity contribution in [2.24, 2.45) is 0 Å². The van der Waals surface area contributed by atoms with Crippen molar-refractivity contribution in [2.45, 2.75) is 13.8 Å². The van der Waals surface area contributed by atoms with Crippen molar-refractivity contribution in [3.63, 3.8) is 0 Å². The molecule has 25 heavy (non-hydrogen) atoms. The van der Waals surface area contributed by atoms with E-state index in [2.05, 4.69) is 10.6 Å². The first-order valence-corrected chi connectivity index (χ1v) is 7.66. The summed E-state index contributed by atoms with van der Waals surface area (Å²) in [7, 11) is 0. The summed E-state index contributed by atoms with van der Waals surface area (Å²) >= 11 is 0. The summed E-state index contributed by atoms with van der Waals surface area (Å²) < 4.78 is 5.18. The highest BCUT2D eigenvalue weighted by molar-refractivity contribution is 6.10. The van der Waals surface area contributed by atoms with Crippen LogP contribution in [-0.4, -0.2) is 11.8 Å². The number of fused-ring (bicyclic) bond motifs is 1. The molecule has 0 unspecified atom stereocenters. The second-order valence-corrected chi connectivity index (χ2v) is 5.64. The van der Waals surface area contributed by atoms with E-state index >= 15 is 0 Å². The number of anilines is 2. The Morgan fingerprint density at radius 2 is 1.76 bits per heavy atom. The van der Waals surface area contributed by atoms with Crippen LogP contribution in [0.2, 0.25) is 0 Å². The molecule has 0 fully saturated rings. The largest absolute Gasteiger partial charge is 0.423 e. The van der Waals surface area contributed by atoms with Crippen molar-refractivity contribution < 1.29 is 14.0 Å². The van der Waals surface area contributed by atoms with Gasteiger partial charge in [-0.15, -0.1) is 0 Å². The number of hydrogen-bond donors (Lipinski definition) is 2. The molecule has 6 nitrogen and oxygen atoms in total. The quantitative estimate of drug-likeness (QED) is 0.718. The molecule has 2 amide bonds. The number of carbonyl (C=O) groups excluding carboxylic acids is 2. The zero-order chi connectivity index (χ0) is 18.0. The van der Waals surface area contributed by atoms with Crippen LogP contribution in [-0.2, 0) is 4.79 Å². The Balaban J connectivity index is 1.92. The minimum Gasteiger partial charge on any atom is -0.423 e. The Morgan fingerprint density at radius 3 is 2.52 bits per heavy atom. The lowest BCUT2D eigenvalue weighted by atomic mass is 10.1. The number of hydrogen-bond acceptors (Lipinski definition) is 4. The standard InChI is InChI=1S/C19H16N2O4/c1-11-9-18(23)25-17-10-13(7-8-14(11)17)21-19(24)15-5-3-4-6-16(15)20-12(2)22/h3-10H,1-2H3,(H,20,22)(H,21,24). The fourth-order valence-corrected chi connectivity index (χ4v) is 2.58. The van der Waals surface area contributed by atoms with E-state index in [-0.39, 0.29) is 11.8 Å². The van der Waals surface area contributed by atoms with Crippen LogP contribution in [0.3, 0.4) is 0 Å². The molecule has 0 radical (unpaired) electrons. The molecule has 3 aromatic rings. The molecule has 6 heteroatoms. The molecule has 0 saturated carbocycles. The summed E-state index contributed by atoms with van der Waals surface area (Å²) in [5.74, 6) is -0.637. The highest BCUT2D eigenvalue weighted by atomic mass is 16.4. The average Bonchev–Trinajstić information content (AvgIpc) is 2.54. The van der Waals surface area contributed by atoms with Gasteiger partial charge in [0.2, 0.25) is 5.91 Å². The third kappa shape index (κ3) is 3.58. The van der Waals surface area contributed by atoms with Crippen LogP contribution in [0.4, 0.5) is 11.4 Å². The Kier molecular flexibility index (Phi) is 4.35. The average molecular weight is 336 g/mol. The predicted octanol–water partition coefficient (Wildman–Crippen LogP) is 3.31. The van der Waals surface area contributed by atoms with E-state index in [1.807, 2.05) is 6.92 Å². The lowest BCUT2D eigenvalue weighted by molar-refractivity contribution is -0.114. The molecular formula is C19H16N2O4. The number of benzene rings is 2. The van der Waals surface area contributed by atoms with Crippen LogP contribution in [0.5, 0.6) is 0 Å². The Labute approximate surface area is 143 Å². The molecule has 2 N–H and O–H groups in total. The van der Waals surface area contributed by atoms with Crippen LogP contribution in [0.25, 0.3) is 11.0 Å². The number of para-hydroxylation sites is 1. The van der Waals surface area contributed by atoms with Gasteiger partial charge in [-0.1, -0.05) is 12.1 Å². The van der Waals surface area contributed by atoms with E-state index in [4.69, 9.17) is 4.42 Å². The van der Waals surface area contributed by atoms with E-state index in [1.165, 1.54) is 13.0 Å². The SMILES string of the molecule is CC(=O)Nc1ccccc1C(=O)Nc1ccc2c(C)cc(=O)oc2c1. The molecule has 0 saturated heterocycles. The zero-order valence-corrected chi connectivity index (χ0v) is 13.8. The molecule has 3 rings (SSSR count). The van der Waals surface area contributed by atoms with Gasteiger partial charge in [-0.05, 0) is 36.8 Å². The lowest BCUT2D eigenvalue weighted by Gasteiger charge is -2.11. The van der Waals surface area contributed by atoms with Gasteiger partial charge in [0.05, 0.1) is 11.3 Å². The highest BCUT2D eigenvalue weighted by Crippen LogP contribution is 2.22. The summed E-state index contributed by atoms with van der Waals surface area (Å²) in [5.41, 5.74) is 2.02. The van der Waals surface area contributed by atoms with Crippen LogP contribution in [0.1, 0.15) is 22.8 Å². The summed E-state index contributed by atoms with van der Waals surface area (Å²) in [6.07, 6.45) is 0. The minimum absolute atomic E-state index is 0.261. The van der Waals surface area contributed by atoms with Gasteiger partial charge >= 0.3 is 5.63 Å². The molecule has 0 aliphatic heterocycles. The molecule has 0 bridgehead atoms. The van der Waals surface area contributed by atoms with Gasteiger partial charge < -0.3 is 15.1 Å². The summed E-state index contributed by atoms with van der Waals surface area (Å²) in [5, 5.41) is 6.18. The Morgan fingerprint density at radius 1 is 1.00 bits per heavy atom. The third-order valence-electron chi connectivity index (χ3n) is 3.69. The van der Waals surface area contributed by atoms with Crippen LogP contribution in [0.15, 0.2) is 57.7 Å². The van der Waals surface area contributed by atoms with Crippen LogP contribution in [0, 0.1) is 6.92 Å². The topological polar surface area (TPSA) is 88.4 Å². The molecule has 2 aromatic carbocycles. The number of carbonyl (C=O) groups is 2. The fraction of sp³-hybridized carbons (Fsp3) is 0.105. The van der Waals surface area contributed by atoms with Gasteiger partial charge in [0.15, 0.2) is 0 Å².